The Morgan fingerprint density at radius 1 is 1.38 bits per heavy atom. The number of rotatable bonds is 6. The summed E-state index contributed by atoms with van der Waals surface area (Å²) in [7, 11) is 1.56. The van der Waals surface area contributed by atoms with E-state index in [0.29, 0.717) is 35.8 Å². The molecule has 5 nitrogen and oxygen atoms in total. The third-order valence-electron chi connectivity index (χ3n) is 3.60. The standard InChI is InChI=1S/C19H20N2O3/c1-5-7-13-9-14(10-17(23-4)18(13)24-6-2)15-8-12(3)21-19(22)16(15)11-20/h5,8-10H,1,6-7H2,2-4H3,(H,21,22). The highest BCUT2D eigenvalue weighted by molar-refractivity contribution is 5.74. The minimum atomic E-state index is -0.398. The lowest BCUT2D eigenvalue weighted by Gasteiger charge is -2.16. The lowest BCUT2D eigenvalue weighted by molar-refractivity contribution is 0.308. The summed E-state index contributed by atoms with van der Waals surface area (Å²) in [5.74, 6) is 1.22. The predicted octanol–water partition coefficient (Wildman–Crippen LogP) is 3.36. The number of nitrogens with one attached hydrogen (secondary N) is 1. The first-order chi connectivity index (χ1) is 11.5. The van der Waals surface area contributed by atoms with Gasteiger partial charge in [-0.2, -0.15) is 5.26 Å². The number of aryl methyl sites for hydroxylation is 1. The summed E-state index contributed by atoms with van der Waals surface area (Å²) in [6.07, 6.45) is 2.36. The average Bonchev–Trinajstić information content (AvgIpc) is 2.56. The normalized spacial score (nSPS) is 10.1. The fourth-order valence-corrected chi connectivity index (χ4v) is 2.61. The maximum Gasteiger partial charge on any atom is 0.266 e. The molecule has 5 heteroatoms. The molecule has 0 spiro atoms. The number of benzene rings is 1. The zero-order valence-corrected chi connectivity index (χ0v) is 14.1. The highest BCUT2D eigenvalue weighted by atomic mass is 16.5. The Morgan fingerprint density at radius 2 is 2.12 bits per heavy atom. The lowest BCUT2D eigenvalue weighted by atomic mass is 9.97. The first-order valence-corrected chi connectivity index (χ1v) is 7.64. The van der Waals surface area contributed by atoms with Crippen molar-refractivity contribution < 1.29 is 9.47 Å². The summed E-state index contributed by atoms with van der Waals surface area (Å²) in [4.78, 5) is 14.7. The van der Waals surface area contributed by atoms with Gasteiger partial charge in [0.05, 0.1) is 13.7 Å². The van der Waals surface area contributed by atoms with Crippen LogP contribution in [0.4, 0.5) is 0 Å². The number of pyridine rings is 1. The van der Waals surface area contributed by atoms with Gasteiger partial charge in [-0.15, -0.1) is 6.58 Å². The van der Waals surface area contributed by atoms with Crippen molar-refractivity contribution in [2.24, 2.45) is 0 Å². The number of aromatic nitrogens is 1. The van der Waals surface area contributed by atoms with Gasteiger partial charge < -0.3 is 14.5 Å². The van der Waals surface area contributed by atoms with Crippen molar-refractivity contribution in [3.63, 3.8) is 0 Å². The van der Waals surface area contributed by atoms with Crippen molar-refractivity contribution >= 4 is 0 Å². The van der Waals surface area contributed by atoms with Crippen LogP contribution in [0.2, 0.25) is 0 Å². The van der Waals surface area contributed by atoms with Gasteiger partial charge in [-0.25, -0.2) is 0 Å². The van der Waals surface area contributed by atoms with E-state index in [9.17, 15) is 10.1 Å². The molecule has 1 aromatic heterocycles. The van der Waals surface area contributed by atoms with Crippen molar-refractivity contribution in [2.45, 2.75) is 20.3 Å². The van der Waals surface area contributed by atoms with Gasteiger partial charge in [-0.1, -0.05) is 6.08 Å². The first kappa shape index (κ1) is 17.4. The van der Waals surface area contributed by atoms with Crippen LogP contribution in [0.3, 0.4) is 0 Å². The molecular weight excluding hydrogens is 304 g/mol. The van der Waals surface area contributed by atoms with E-state index in [1.54, 1.807) is 32.2 Å². The van der Waals surface area contributed by atoms with E-state index >= 15 is 0 Å². The summed E-state index contributed by atoms with van der Waals surface area (Å²) in [5.41, 5.74) is 2.57. The number of nitriles is 1. The van der Waals surface area contributed by atoms with Gasteiger partial charge in [0, 0.05) is 16.8 Å². The molecule has 2 aromatic rings. The second-order valence-electron chi connectivity index (χ2n) is 5.27. The quantitative estimate of drug-likeness (QED) is 0.827. The number of methoxy groups -OCH3 is 1. The monoisotopic (exact) mass is 324 g/mol. The van der Waals surface area contributed by atoms with Crippen molar-refractivity contribution in [3.05, 3.63) is 58.0 Å². The van der Waals surface area contributed by atoms with Gasteiger partial charge in [-0.3, -0.25) is 4.79 Å². The Balaban J connectivity index is 2.77. The van der Waals surface area contributed by atoms with E-state index in [2.05, 4.69) is 11.6 Å². The molecule has 0 aliphatic heterocycles. The molecule has 1 aromatic carbocycles. The molecule has 2 rings (SSSR count). The fourth-order valence-electron chi connectivity index (χ4n) is 2.61. The Hall–Kier alpha value is -3.00. The van der Waals surface area contributed by atoms with Crippen LogP contribution in [0, 0.1) is 18.3 Å². The van der Waals surface area contributed by atoms with E-state index in [-0.39, 0.29) is 5.56 Å². The minimum Gasteiger partial charge on any atom is -0.493 e. The first-order valence-electron chi connectivity index (χ1n) is 7.64. The summed E-state index contributed by atoms with van der Waals surface area (Å²) in [6, 6.07) is 7.46. The number of H-pyrrole nitrogens is 1. The molecule has 0 saturated carbocycles. The SMILES string of the molecule is C=CCc1cc(-c2cc(C)[nH]c(=O)c2C#N)cc(OC)c1OCC. The number of nitrogens with zero attached hydrogens (tertiary/aromatic N) is 1. The van der Waals surface area contributed by atoms with Gasteiger partial charge in [0.25, 0.3) is 5.56 Å². The van der Waals surface area contributed by atoms with Crippen LogP contribution in [0.25, 0.3) is 11.1 Å². The van der Waals surface area contributed by atoms with E-state index < -0.39 is 5.56 Å². The minimum absolute atomic E-state index is 0.0800. The molecule has 24 heavy (non-hydrogen) atoms. The van der Waals surface area contributed by atoms with Crippen LogP contribution in [0.1, 0.15) is 23.7 Å². The smallest absolute Gasteiger partial charge is 0.266 e. The topological polar surface area (TPSA) is 75.1 Å². The van der Waals surface area contributed by atoms with Gasteiger partial charge >= 0.3 is 0 Å². The second kappa shape index (κ2) is 7.51. The fraction of sp³-hybridized carbons (Fsp3) is 0.263. The van der Waals surface area contributed by atoms with Gasteiger partial charge in [0.15, 0.2) is 11.5 Å². The zero-order chi connectivity index (χ0) is 17.7. The highest BCUT2D eigenvalue weighted by Crippen LogP contribution is 2.37. The molecule has 0 unspecified atom stereocenters. The third kappa shape index (κ3) is 3.33. The molecule has 0 aliphatic rings. The Morgan fingerprint density at radius 3 is 2.71 bits per heavy atom. The van der Waals surface area contributed by atoms with E-state index in [4.69, 9.17) is 9.47 Å². The van der Waals surface area contributed by atoms with Gasteiger partial charge in [0.2, 0.25) is 0 Å². The molecule has 0 aliphatic carbocycles. The van der Waals surface area contributed by atoms with Crippen molar-refractivity contribution in [1.82, 2.24) is 4.98 Å². The van der Waals surface area contributed by atoms with Crippen LogP contribution in [0.5, 0.6) is 11.5 Å². The van der Waals surface area contributed by atoms with E-state index in [1.165, 1.54) is 0 Å². The van der Waals surface area contributed by atoms with Crippen molar-refractivity contribution in [2.75, 3.05) is 13.7 Å². The average molecular weight is 324 g/mol. The summed E-state index contributed by atoms with van der Waals surface area (Å²) in [6.45, 7) is 7.96. The Kier molecular flexibility index (Phi) is 5.43. The number of allylic oxidation sites excluding steroid dienone is 1. The van der Waals surface area contributed by atoms with Crippen LogP contribution in [-0.4, -0.2) is 18.7 Å². The molecule has 0 bridgehead atoms. The summed E-state index contributed by atoms with van der Waals surface area (Å²) < 4.78 is 11.2. The van der Waals surface area contributed by atoms with Gasteiger partial charge in [-0.05, 0) is 44.0 Å². The molecule has 1 heterocycles. The maximum atomic E-state index is 12.0. The Labute approximate surface area is 141 Å². The number of ether oxygens (including phenoxy) is 2. The Bertz CT molecular complexity index is 860. The van der Waals surface area contributed by atoms with Gasteiger partial charge in [0.1, 0.15) is 11.6 Å². The zero-order valence-electron chi connectivity index (χ0n) is 14.1. The molecule has 1 N–H and O–H groups in total. The van der Waals surface area contributed by atoms with E-state index in [0.717, 1.165) is 11.1 Å². The van der Waals surface area contributed by atoms with Crippen LogP contribution >= 0.6 is 0 Å². The van der Waals surface area contributed by atoms with Crippen molar-refractivity contribution in [1.29, 1.82) is 5.26 Å². The summed E-state index contributed by atoms with van der Waals surface area (Å²) >= 11 is 0. The number of hydrogen-bond acceptors (Lipinski definition) is 4. The van der Waals surface area contributed by atoms with E-state index in [1.807, 2.05) is 19.1 Å². The van der Waals surface area contributed by atoms with Crippen molar-refractivity contribution in [3.8, 4) is 28.7 Å². The lowest BCUT2D eigenvalue weighted by Crippen LogP contribution is -2.13. The van der Waals surface area contributed by atoms with Crippen LogP contribution in [0.15, 0.2) is 35.6 Å². The predicted molar refractivity (Wildman–Crippen MR) is 93.6 cm³/mol. The highest BCUT2D eigenvalue weighted by Gasteiger charge is 2.16. The second-order valence-corrected chi connectivity index (χ2v) is 5.27. The summed E-state index contributed by atoms with van der Waals surface area (Å²) in [5, 5.41) is 9.35. The molecule has 0 radical (unpaired) electrons. The molecule has 0 atom stereocenters. The number of hydrogen-bond donors (Lipinski definition) is 1. The third-order valence-corrected chi connectivity index (χ3v) is 3.60. The largest absolute Gasteiger partial charge is 0.493 e. The van der Waals surface area contributed by atoms with Crippen LogP contribution < -0.4 is 15.0 Å². The molecular formula is C19H20N2O3. The van der Waals surface area contributed by atoms with Crippen LogP contribution in [-0.2, 0) is 6.42 Å². The molecule has 0 saturated heterocycles. The maximum absolute atomic E-state index is 12.0. The molecule has 0 amide bonds. The molecule has 124 valence electrons. The molecule has 0 fully saturated rings. The number of aromatic amines is 1.